The summed E-state index contributed by atoms with van der Waals surface area (Å²) in [4.78, 5) is 14.9. The molecule has 3 rings (SSSR count). The van der Waals surface area contributed by atoms with Gasteiger partial charge in [0.2, 0.25) is 0 Å². The van der Waals surface area contributed by atoms with Crippen LogP contribution in [0.3, 0.4) is 0 Å². The van der Waals surface area contributed by atoms with Crippen LogP contribution in [0.15, 0.2) is 18.2 Å². The first-order valence-corrected chi connectivity index (χ1v) is 7.48. The van der Waals surface area contributed by atoms with Crippen molar-refractivity contribution < 1.29 is 9.18 Å². The van der Waals surface area contributed by atoms with E-state index in [2.05, 4.69) is 43.2 Å². The molecule has 0 unspecified atom stereocenters. The van der Waals surface area contributed by atoms with Crippen LogP contribution < -0.4 is 5.32 Å². The SMILES string of the molecule is Cc1cc2cc(CNC(=O)C3(F)CC3)[nH]c2cc1C(C)C. The Morgan fingerprint density at radius 1 is 1.38 bits per heavy atom. The highest BCUT2D eigenvalue weighted by molar-refractivity contribution is 5.88. The van der Waals surface area contributed by atoms with Crippen LogP contribution in [0.2, 0.25) is 0 Å². The monoisotopic (exact) mass is 288 g/mol. The number of rotatable bonds is 4. The third-order valence-electron chi connectivity index (χ3n) is 4.22. The Balaban J connectivity index is 1.79. The smallest absolute Gasteiger partial charge is 0.257 e. The molecule has 0 bridgehead atoms. The summed E-state index contributed by atoms with van der Waals surface area (Å²) in [7, 11) is 0. The van der Waals surface area contributed by atoms with E-state index in [9.17, 15) is 9.18 Å². The van der Waals surface area contributed by atoms with Gasteiger partial charge in [0.1, 0.15) is 0 Å². The second kappa shape index (κ2) is 4.86. The second-order valence-electron chi connectivity index (χ2n) is 6.39. The summed E-state index contributed by atoms with van der Waals surface area (Å²) < 4.78 is 13.6. The van der Waals surface area contributed by atoms with Crippen LogP contribution in [-0.4, -0.2) is 16.6 Å². The van der Waals surface area contributed by atoms with Crippen molar-refractivity contribution in [3.8, 4) is 0 Å². The minimum atomic E-state index is -1.60. The van der Waals surface area contributed by atoms with E-state index in [4.69, 9.17) is 0 Å². The number of hydrogen-bond acceptors (Lipinski definition) is 1. The van der Waals surface area contributed by atoms with E-state index in [1.165, 1.54) is 11.1 Å². The van der Waals surface area contributed by atoms with Gasteiger partial charge in [-0.25, -0.2) is 4.39 Å². The molecule has 3 nitrogen and oxygen atoms in total. The lowest BCUT2D eigenvalue weighted by molar-refractivity contribution is -0.127. The zero-order chi connectivity index (χ0) is 15.2. The molecular weight excluding hydrogens is 267 g/mol. The van der Waals surface area contributed by atoms with Crippen molar-refractivity contribution in [2.45, 2.75) is 51.7 Å². The van der Waals surface area contributed by atoms with Crippen LogP contribution >= 0.6 is 0 Å². The largest absolute Gasteiger partial charge is 0.357 e. The molecule has 1 amide bonds. The Bertz CT molecular complexity index is 698. The molecule has 1 heterocycles. The molecule has 2 N–H and O–H groups in total. The Morgan fingerprint density at radius 2 is 2.10 bits per heavy atom. The summed E-state index contributed by atoms with van der Waals surface area (Å²) in [6, 6.07) is 6.34. The molecule has 1 aromatic carbocycles. The molecule has 0 saturated heterocycles. The fourth-order valence-corrected chi connectivity index (χ4v) is 2.76. The molecular formula is C17H21FN2O. The topological polar surface area (TPSA) is 44.9 Å². The lowest BCUT2D eigenvalue weighted by Crippen LogP contribution is -2.32. The molecule has 21 heavy (non-hydrogen) atoms. The van der Waals surface area contributed by atoms with Crippen molar-refractivity contribution in [3.63, 3.8) is 0 Å². The molecule has 1 saturated carbocycles. The third-order valence-corrected chi connectivity index (χ3v) is 4.22. The number of halogens is 1. The van der Waals surface area contributed by atoms with E-state index >= 15 is 0 Å². The van der Waals surface area contributed by atoms with Gasteiger partial charge in [-0.1, -0.05) is 13.8 Å². The van der Waals surface area contributed by atoms with Crippen molar-refractivity contribution in [2.75, 3.05) is 0 Å². The lowest BCUT2D eigenvalue weighted by atomic mass is 9.97. The Kier molecular flexibility index (Phi) is 3.27. The molecule has 1 aromatic heterocycles. The number of aryl methyl sites for hydroxylation is 1. The van der Waals surface area contributed by atoms with E-state index in [0.29, 0.717) is 25.3 Å². The zero-order valence-corrected chi connectivity index (χ0v) is 12.7. The maximum absolute atomic E-state index is 13.6. The molecule has 112 valence electrons. The number of amides is 1. The molecule has 2 aromatic rings. The van der Waals surface area contributed by atoms with Gasteiger partial charge >= 0.3 is 0 Å². The van der Waals surface area contributed by atoms with E-state index in [1.54, 1.807) is 0 Å². The Labute approximate surface area is 123 Å². The highest BCUT2D eigenvalue weighted by atomic mass is 19.1. The van der Waals surface area contributed by atoms with Gasteiger partial charge < -0.3 is 10.3 Å². The van der Waals surface area contributed by atoms with Crippen LogP contribution in [-0.2, 0) is 11.3 Å². The summed E-state index contributed by atoms with van der Waals surface area (Å²) in [6.45, 7) is 6.81. The number of fused-ring (bicyclic) bond motifs is 1. The Hall–Kier alpha value is -1.84. The predicted octanol–water partition coefficient (Wildman–Crippen LogP) is 3.72. The van der Waals surface area contributed by atoms with Crippen LogP contribution in [0, 0.1) is 6.92 Å². The molecule has 0 spiro atoms. The van der Waals surface area contributed by atoms with Crippen LogP contribution in [0.5, 0.6) is 0 Å². The van der Waals surface area contributed by atoms with E-state index < -0.39 is 11.6 Å². The minimum absolute atomic E-state index is 0.343. The molecule has 1 aliphatic rings. The summed E-state index contributed by atoms with van der Waals surface area (Å²) in [6.07, 6.45) is 0.699. The fraction of sp³-hybridized carbons (Fsp3) is 0.471. The Morgan fingerprint density at radius 3 is 2.71 bits per heavy atom. The van der Waals surface area contributed by atoms with E-state index in [0.717, 1.165) is 16.6 Å². The standard InChI is InChI=1S/C17H21FN2O/c1-10(2)14-8-15-12(6-11(14)3)7-13(20-15)9-19-16(21)17(18)4-5-17/h6-8,10,20H,4-5,9H2,1-3H3,(H,19,21). The van der Waals surface area contributed by atoms with Gasteiger partial charge in [-0.3, -0.25) is 4.79 Å². The predicted molar refractivity (Wildman–Crippen MR) is 82.0 cm³/mol. The average Bonchev–Trinajstić information content (AvgIpc) is 3.05. The highest BCUT2D eigenvalue weighted by Gasteiger charge is 2.50. The van der Waals surface area contributed by atoms with E-state index in [1.807, 2.05) is 6.07 Å². The first-order chi connectivity index (χ1) is 9.89. The quantitative estimate of drug-likeness (QED) is 0.885. The number of carbonyl (C=O) groups excluding carboxylic acids is 1. The van der Waals surface area contributed by atoms with Crippen molar-refractivity contribution in [2.24, 2.45) is 0 Å². The average molecular weight is 288 g/mol. The normalized spacial score (nSPS) is 16.4. The first-order valence-electron chi connectivity index (χ1n) is 7.48. The number of alkyl halides is 1. The van der Waals surface area contributed by atoms with Crippen molar-refractivity contribution >= 4 is 16.8 Å². The van der Waals surface area contributed by atoms with Gasteiger partial charge in [0.05, 0.1) is 6.54 Å². The van der Waals surface area contributed by atoms with Crippen molar-refractivity contribution in [1.82, 2.24) is 10.3 Å². The second-order valence-corrected chi connectivity index (χ2v) is 6.39. The van der Waals surface area contributed by atoms with Gasteiger partial charge in [-0.05, 0) is 60.4 Å². The molecule has 0 atom stereocenters. The maximum atomic E-state index is 13.6. The summed E-state index contributed by atoms with van der Waals surface area (Å²) in [5.41, 5.74) is 2.96. The molecule has 0 aliphatic heterocycles. The first kappa shape index (κ1) is 14.1. The highest BCUT2D eigenvalue weighted by Crippen LogP contribution is 2.39. The molecule has 0 radical (unpaired) electrons. The van der Waals surface area contributed by atoms with E-state index in [-0.39, 0.29) is 0 Å². The summed E-state index contributed by atoms with van der Waals surface area (Å²) in [5.74, 6) is -0.0117. The van der Waals surface area contributed by atoms with Gasteiger partial charge in [-0.15, -0.1) is 0 Å². The van der Waals surface area contributed by atoms with Crippen molar-refractivity contribution in [1.29, 1.82) is 0 Å². The maximum Gasteiger partial charge on any atom is 0.257 e. The zero-order valence-electron chi connectivity index (χ0n) is 12.7. The lowest BCUT2D eigenvalue weighted by Gasteiger charge is -2.09. The van der Waals surface area contributed by atoms with Gasteiger partial charge in [0.15, 0.2) is 5.67 Å². The van der Waals surface area contributed by atoms with Crippen LogP contribution in [0.25, 0.3) is 10.9 Å². The number of benzene rings is 1. The number of aromatic amines is 1. The number of H-pyrrole nitrogens is 1. The molecule has 1 fully saturated rings. The van der Waals surface area contributed by atoms with Crippen LogP contribution in [0.1, 0.15) is 49.4 Å². The molecule has 1 aliphatic carbocycles. The number of hydrogen-bond donors (Lipinski definition) is 2. The van der Waals surface area contributed by atoms with Gasteiger partial charge in [0, 0.05) is 11.2 Å². The number of carbonyl (C=O) groups is 1. The molecule has 4 heteroatoms. The minimum Gasteiger partial charge on any atom is -0.357 e. The van der Waals surface area contributed by atoms with Crippen molar-refractivity contribution in [3.05, 3.63) is 35.0 Å². The summed E-state index contributed by atoms with van der Waals surface area (Å²) in [5, 5.41) is 3.80. The van der Waals surface area contributed by atoms with Gasteiger partial charge in [0.25, 0.3) is 5.91 Å². The summed E-state index contributed by atoms with van der Waals surface area (Å²) >= 11 is 0. The third kappa shape index (κ3) is 2.67. The van der Waals surface area contributed by atoms with Crippen LogP contribution in [0.4, 0.5) is 4.39 Å². The number of nitrogens with one attached hydrogen (secondary N) is 2. The van der Waals surface area contributed by atoms with Gasteiger partial charge in [-0.2, -0.15) is 0 Å². The number of aromatic nitrogens is 1. The fourth-order valence-electron chi connectivity index (χ4n) is 2.76.